The van der Waals surface area contributed by atoms with Crippen LogP contribution in [0.25, 0.3) is 0 Å². The van der Waals surface area contributed by atoms with E-state index in [1.165, 1.54) is 0 Å². The minimum atomic E-state index is 0.0528. The lowest BCUT2D eigenvalue weighted by molar-refractivity contribution is -0.128. The molecular weight excluding hydrogens is 254 g/mol. The SMILES string of the molecule is NC(=NCC(=O)N1CCCC1)NCCc1ccccn1. The van der Waals surface area contributed by atoms with Gasteiger partial charge in [-0.25, -0.2) is 4.99 Å². The van der Waals surface area contributed by atoms with Crippen molar-refractivity contribution < 1.29 is 4.79 Å². The van der Waals surface area contributed by atoms with Crippen LogP contribution in [0.3, 0.4) is 0 Å². The number of aliphatic imine (C=N–C) groups is 1. The molecule has 1 fully saturated rings. The first-order chi connectivity index (χ1) is 9.75. The minimum Gasteiger partial charge on any atom is -0.370 e. The molecule has 1 aromatic heterocycles. The molecule has 0 bridgehead atoms. The number of pyridine rings is 1. The molecule has 3 N–H and O–H groups in total. The molecule has 0 atom stereocenters. The molecule has 0 aromatic carbocycles. The molecule has 1 aliphatic rings. The van der Waals surface area contributed by atoms with Gasteiger partial charge in [-0.3, -0.25) is 9.78 Å². The Kier molecular flexibility index (Phi) is 5.34. The van der Waals surface area contributed by atoms with Crippen molar-refractivity contribution >= 4 is 11.9 Å². The molecule has 0 aliphatic carbocycles. The molecule has 0 unspecified atom stereocenters. The molecule has 1 aliphatic heterocycles. The second-order valence-electron chi connectivity index (χ2n) is 4.79. The van der Waals surface area contributed by atoms with Gasteiger partial charge in [0, 0.05) is 37.9 Å². The summed E-state index contributed by atoms with van der Waals surface area (Å²) in [6.07, 6.45) is 4.72. The highest BCUT2D eigenvalue weighted by molar-refractivity contribution is 5.84. The van der Waals surface area contributed by atoms with E-state index in [1.54, 1.807) is 6.20 Å². The molecule has 2 heterocycles. The summed E-state index contributed by atoms with van der Waals surface area (Å²) in [6, 6.07) is 5.80. The first kappa shape index (κ1) is 14.3. The van der Waals surface area contributed by atoms with Crippen LogP contribution in [0, 0.1) is 0 Å². The number of nitrogens with one attached hydrogen (secondary N) is 1. The fraction of sp³-hybridized carbons (Fsp3) is 0.500. The van der Waals surface area contributed by atoms with Crippen LogP contribution < -0.4 is 11.1 Å². The molecule has 1 aromatic rings. The molecule has 6 nitrogen and oxygen atoms in total. The Morgan fingerprint density at radius 1 is 1.40 bits per heavy atom. The first-order valence-corrected chi connectivity index (χ1v) is 6.97. The third kappa shape index (κ3) is 4.53. The number of hydrogen-bond donors (Lipinski definition) is 2. The van der Waals surface area contributed by atoms with Crippen LogP contribution in [-0.2, 0) is 11.2 Å². The third-order valence-electron chi connectivity index (χ3n) is 3.26. The molecular formula is C14H21N5O. The zero-order valence-electron chi connectivity index (χ0n) is 11.6. The summed E-state index contributed by atoms with van der Waals surface area (Å²) >= 11 is 0. The fourth-order valence-electron chi connectivity index (χ4n) is 2.14. The van der Waals surface area contributed by atoms with Crippen molar-refractivity contribution in [1.82, 2.24) is 15.2 Å². The standard InChI is InChI=1S/C14H21N5O/c15-14(17-8-6-12-5-1-2-7-16-12)18-11-13(20)19-9-3-4-10-19/h1-2,5,7H,3-4,6,8-11H2,(H3,15,17,18). The predicted octanol–water partition coefficient (Wildman–Crippen LogP) is 0.151. The Labute approximate surface area is 119 Å². The van der Waals surface area contributed by atoms with E-state index < -0.39 is 0 Å². The quantitative estimate of drug-likeness (QED) is 0.592. The average molecular weight is 275 g/mol. The zero-order valence-corrected chi connectivity index (χ0v) is 11.6. The van der Waals surface area contributed by atoms with Gasteiger partial charge in [-0.2, -0.15) is 0 Å². The van der Waals surface area contributed by atoms with Gasteiger partial charge in [-0.15, -0.1) is 0 Å². The Hall–Kier alpha value is -2.11. The van der Waals surface area contributed by atoms with E-state index in [1.807, 2.05) is 23.1 Å². The summed E-state index contributed by atoms with van der Waals surface area (Å²) in [5.74, 6) is 0.366. The van der Waals surface area contributed by atoms with Crippen molar-refractivity contribution in [1.29, 1.82) is 0 Å². The number of guanidine groups is 1. The number of carbonyl (C=O) groups excluding carboxylic acids is 1. The second-order valence-corrected chi connectivity index (χ2v) is 4.79. The predicted molar refractivity (Wildman–Crippen MR) is 78.2 cm³/mol. The van der Waals surface area contributed by atoms with Gasteiger partial charge < -0.3 is 16.0 Å². The van der Waals surface area contributed by atoms with Crippen LogP contribution in [-0.4, -0.2) is 47.9 Å². The normalized spacial score (nSPS) is 15.4. The number of carbonyl (C=O) groups is 1. The summed E-state index contributed by atoms with van der Waals surface area (Å²) in [5.41, 5.74) is 6.73. The summed E-state index contributed by atoms with van der Waals surface area (Å²) in [4.78, 5) is 21.9. The minimum absolute atomic E-state index is 0.0528. The van der Waals surface area contributed by atoms with Crippen LogP contribution in [0.2, 0.25) is 0 Å². The number of hydrogen-bond acceptors (Lipinski definition) is 3. The summed E-state index contributed by atoms with van der Waals surface area (Å²) < 4.78 is 0. The van der Waals surface area contributed by atoms with Crippen molar-refractivity contribution in [3.8, 4) is 0 Å². The Bertz CT molecular complexity index is 454. The van der Waals surface area contributed by atoms with Gasteiger partial charge in [0.25, 0.3) is 0 Å². The van der Waals surface area contributed by atoms with E-state index in [0.717, 1.165) is 38.0 Å². The maximum atomic E-state index is 11.8. The third-order valence-corrected chi connectivity index (χ3v) is 3.26. The van der Waals surface area contributed by atoms with E-state index >= 15 is 0 Å². The van der Waals surface area contributed by atoms with E-state index in [0.29, 0.717) is 12.5 Å². The highest BCUT2D eigenvalue weighted by Crippen LogP contribution is 2.07. The van der Waals surface area contributed by atoms with Gasteiger partial charge in [0.2, 0.25) is 5.91 Å². The average Bonchev–Trinajstić information content (AvgIpc) is 3.00. The number of nitrogens with two attached hydrogens (primary N) is 1. The molecule has 6 heteroatoms. The van der Waals surface area contributed by atoms with Gasteiger partial charge in [0.15, 0.2) is 5.96 Å². The smallest absolute Gasteiger partial charge is 0.244 e. The van der Waals surface area contributed by atoms with Crippen molar-refractivity contribution in [2.24, 2.45) is 10.7 Å². The van der Waals surface area contributed by atoms with Gasteiger partial charge >= 0.3 is 0 Å². The van der Waals surface area contributed by atoms with Gasteiger partial charge in [0.1, 0.15) is 6.54 Å². The van der Waals surface area contributed by atoms with Crippen LogP contribution in [0.5, 0.6) is 0 Å². The van der Waals surface area contributed by atoms with Crippen molar-refractivity contribution in [3.05, 3.63) is 30.1 Å². The van der Waals surface area contributed by atoms with E-state index in [-0.39, 0.29) is 12.5 Å². The summed E-state index contributed by atoms with van der Waals surface area (Å²) in [6.45, 7) is 2.48. The van der Waals surface area contributed by atoms with Gasteiger partial charge in [-0.1, -0.05) is 6.07 Å². The molecule has 1 amide bonds. The summed E-state index contributed by atoms with van der Waals surface area (Å²) in [5, 5.41) is 2.99. The fourth-order valence-corrected chi connectivity index (χ4v) is 2.14. The molecule has 1 saturated heterocycles. The maximum absolute atomic E-state index is 11.8. The largest absolute Gasteiger partial charge is 0.370 e. The molecule has 0 saturated carbocycles. The number of rotatable bonds is 5. The Balaban J connectivity index is 1.67. The Morgan fingerprint density at radius 2 is 2.20 bits per heavy atom. The first-order valence-electron chi connectivity index (χ1n) is 6.97. The lowest BCUT2D eigenvalue weighted by atomic mass is 10.3. The lowest BCUT2D eigenvalue weighted by Crippen LogP contribution is -2.35. The van der Waals surface area contributed by atoms with Crippen molar-refractivity contribution in [3.63, 3.8) is 0 Å². The van der Waals surface area contributed by atoms with E-state index in [2.05, 4.69) is 15.3 Å². The number of likely N-dealkylation sites (tertiary alicyclic amines) is 1. The van der Waals surface area contributed by atoms with Crippen LogP contribution >= 0.6 is 0 Å². The highest BCUT2D eigenvalue weighted by atomic mass is 16.2. The molecule has 0 radical (unpaired) electrons. The molecule has 108 valence electrons. The number of amides is 1. The zero-order chi connectivity index (χ0) is 14.2. The highest BCUT2D eigenvalue weighted by Gasteiger charge is 2.16. The van der Waals surface area contributed by atoms with Gasteiger partial charge in [-0.05, 0) is 25.0 Å². The monoisotopic (exact) mass is 275 g/mol. The summed E-state index contributed by atoms with van der Waals surface area (Å²) in [7, 11) is 0. The van der Waals surface area contributed by atoms with Crippen LogP contribution in [0.15, 0.2) is 29.4 Å². The van der Waals surface area contributed by atoms with Crippen LogP contribution in [0.1, 0.15) is 18.5 Å². The molecule has 20 heavy (non-hydrogen) atoms. The van der Waals surface area contributed by atoms with E-state index in [9.17, 15) is 4.79 Å². The maximum Gasteiger partial charge on any atom is 0.244 e. The van der Waals surface area contributed by atoms with Crippen molar-refractivity contribution in [2.75, 3.05) is 26.2 Å². The Morgan fingerprint density at radius 3 is 2.90 bits per heavy atom. The lowest BCUT2D eigenvalue weighted by Gasteiger charge is -2.13. The van der Waals surface area contributed by atoms with Crippen molar-refractivity contribution in [2.45, 2.75) is 19.3 Å². The second kappa shape index (κ2) is 7.47. The number of nitrogens with zero attached hydrogens (tertiary/aromatic N) is 3. The van der Waals surface area contributed by atoms with E-state index in [4.69, 9.17) is 5.73 Å². The number of aromatic nitrogens is 1. The van der Waals surface area contributed by atoms with Gasteiger partial charge in [0.05, 0.1) is 0 Å². The van der Waals surface area contributed by atoms with Crippen LogP contribution in [0.4, 0.5) is 0 Å². The molecule has 0 spiro atoms. The molecule has 2 rings (SSSR count). The topological polar surface area (TPSA) is 83.6 Å².